The molecule has 1 N–H and O–H groups in total. The molecule has 1 heterocycles. The predicted octanol–water partition coefficient (Wildman–Crippen LogP) is 2.09. The number of sulfone groups is 1. The molecule has 0 radical (unpaired) electrons. The van der Waals surface area contributed by atoms with Crippen molar-refractivity contribution in [2.45, 2.75) is 43.9 Å². The lowest BCUT2D eigenvalue weighted by Crippen LogP contribution is -2.44. The predicted molar refractivity (Wildman–Crippen MR) is 90.5 cm³/mol. The van der Waals surface area contributed by atoms with Gasteiger partial charge in [-0.15, -0.1) is 0 Å². The number of amides is 1. The van der Waals surface area contributed by atoms with Crippen molar-refractivity contribution in [3.05, 3.63) is 35.4 Å². The van der Waals surface area contributed by atoms with Gasteiger partial charge in [0, 0.05) is 30.8 Å². The summed E-state index contributed by atoms with van der Waals surface area (Å²) < 4.78 is 22.6. The first kappa shape index (κ1) is 18.4. The molecule has 6 nitrogen and oxygen atoms in total. The molecule has 24 heavy (non-hydrogen) atoms. The number of carbonyl (C=O) groups is 2. The highest BCUT2D eigenvalue weighted by molar-refractivity contribution is 7.89. The van der Waals surface area contributed by atoms with Crippen molar-refractivity contribution >= 4 is 21.7 Å². The van der Waals surface area contributed by atoms with Gasteiger partial charge in [-0.05, 0) is 43.4 Å². The van der Waals surface area contributed by atoms with Crippen LogP contribution >= 0.6 is 0 Å². The monoisotopic (exact) mass is 353 g/mol. The summed E-state index contributed by atoms with van der Waals surface area (Å²) >= 11 is 0. The van der Waals surface area contributed by atoms with Crippen LogP contribution in [-0.2, 0) is 20.4 Å². The van der Waals surface area contributed by atoms with Crippen LogP contribution < -0.4 is 0 Å². The van der Waals surface area contributed by atoms with Crippen LogP contribution in [0.5, 0.6) is 0 Å². The molecule has 1 unspecified atom stereocenters. The Labute approximate surface area is 142 Å². The third kappa shape index (κ3) is 5.33. The van der Waals surface area contributed by atoms with Gasteiger partial charge >= 0.3 is 5.97 Å². The zero-order chi connectivity index (χ0) is 17.7. The second-order valence-corrected chi connectivity index (χ2v) is 8.49. The van der Waals surface area contributed by atoms with Gasteiger partial charge in [0.2, 0.25) is 0 Å². The molecule has 7 heteroatoms. The van der Waals surface area contributed by atoms with Gasteiger partial charge in [-0.3, -0.25) is 9.59 Å². The van der Waals surface area contributed by atoms with Gasteiger partial charge in [-0.1, -0.05) is 12.1 Å². The first-order valence-corrected chi connectivity index (χ1v) is 10.1. The molecule has 1 aliphatic heterocycles. The summed E-state index contributed by atoms with van der Waals surface area (Å²) in [5, 5.41) is 8.86. The average molecular weight is 353 g/mol. The number of nitrogens with zero attached hydrogens (tertiary/aromatic N) is 1. The van der Waals surface area contributed by atoms with Crippen molar-refractivity contribution in [1.82, 2.24) is 4.90 Å². The lowest BCUT2D eigenvalue weighted by atomic mass is 9.97. The van der Waals surface area contributed by atoms with E-state index in [1.54, 1.807) is 29.2 Å². The van der Waals surface area contributed by atoms with E-state index in [4.69, 9.17) is 5.11 Å². The molecule has 1 saturated heterocycles. The van der Waals surface area contributed by atoms with Crippen LogP contribution in [0.1, 0.15) is 48.0 Å². The number of aliphatic carboxylic acids is 1. The van der Waals surface area contributed by atoms with Crippen LogP contribution in [0.25, 0.3) is 0 Å². The van der Waals surface area contributed by atoms with E-state index in [-0.39, 0.29) is 24.1 Å². The van der Waals surface area contributed by atoms with Crippen molar-refractivity contribution in [2.75, 3.05) is 12.8 Å². The maximum atomic E-state index is 12.7. The Hall–Kier alpha value is -1.89. The standard InChI is InChI=1S/C17H23NO5S/c1-24(22,23)12-13-5-7-14(8-6-13)17(21)18-11-3-2-4-15(18)9-10-16(19)20/h5-8,15H,2-4,9-12H2,1H3,(H,19,20). The summed E-state index contributed by atoms with van der Waals surface area (Å²) in [6, 6.07) is 6.56. The zero-order valence-electron chi connectivity index (χ0n) is 13.8. The number of rotatable bonds is 6. The summed E-state index contributed by atoms with van der Waals surface area (Å²) in [7, 11) is -3.11. The second kappa shape index (κ2) is 7.79. The molecule has 1 fully saturated rings. The van der Waals surface area contributed by atoms with E-state index >= 15 is 0 Å². The van der Waals surface area contributed by atoms with Crippen LogP contribution in [0.2, 0.25) is 0 Å². The zero-order valence-corrected chi connectivity index (χ0v) is 14.6. The number of carboxylic acid groups (broad SMARTS) is 1. The van der Waals surface area contributed by atoms with Gasteiger partial charge in [0.05, 0.1) is 5.75 Å². The lowest BCUT2D eigenvalue weighted by Gasteiger charge is -2.35. The Morgan fingerprint density at radius 3 is 2.46 bits per heavy atom. The van der Waals surface area contributed by atoms with Gasteiger partial charge in [-0.25, -0.2) is 8.42 Å². The van der Waals surface area contributed by atoms with E-state index in [0.29, 0.717) is 24.1 Å². The molecule has 132 valence electrons. The third-order valence-corrected chi connectivity index (χ3v) is 5.07. The highest BCUT2D eigenvalue weighted by Gasteiger charge is 2.27. The quantitative estimate of drug-likeness (QED) is 0.845. The number of hydrogen-bond donors (Lipinski definition) is 1. The third-order valence-electron chi connectivity index (χ3n) is 4.21. The minimum absolute atomic E-state index is 0.0435. The molecule has 0 spiro atoms. The first-order valence-electron chi connectivity index (χ1n) is 8.06. The molecule has 1 amide bonds. The second-order valence-electron chi connectivity index (χ2n) is 6.35. The highest BCUT2D eigenvalue weighted by atomic mass is 32.2. The van der Waals surface area contributed by atoms with Crippen molar-refractivity contribution in [2.24, 2.45) is 0 Å². The highest BCUT2D eigenvalue weighted by Crippen LogP contribution is 2.23. The van der Waals surface area contributed by atoms with E-state index in [2.05, 4.69) is 0 Å². The van der Waals surface area contributed by atoms with Gasteiger partial charge < -0.3 is 10.0 Å². The SMILES string of the molecule is CS(=O)(=O)Cc1ccc(C(=O)N2CCCCC2CCC(=O)O)cc1. The summed E-state index contributed by atoms with van der Waals surface area (Å²) in [6.07, 6.45) is 4.44. The van der Waals surface area contributed by atoms with Gasteiger partial charge in [0.25, 0.3) is 5.91 Å². The number of piperidine rings is 1. The van der Waals surface area contributed by atoms with E-state index in [0.717, 1.165) is 19.3 Å². The largest absolute Gasteiger partial charge is 0.481 e. The topological polar surface area (TPSA) is 91.8 Å². The molecule has 1 aliphatic rings. The fourth-order valence-corrected chi connectivity index (χ4v) is 3.87. The van der Waals surface area contributed by atoms with E-state index in [9.17, 15) is 18.0 Å². The molecular formula is C17H23NO5S. The Morgan fingerprint density at radius 1 is 1.21 bits per heavy atom. The first-order chi connectivity index (χ1) is 11.3. The molecule has 1 aromatic rings. The van der Waals surface area contributed by atoms with Gasteiger partial charge in [-0.2, -0.15) is 0 Å². The van der Waals surface area contributed by atoms with Crippen molar-refractivity contribution < 1.29 is 23.1 Å². The normalized spacial score (nSPS) is 18.4. The van der Waals surface area contributed by atoms with Crippen LogP contribution in [0, 0.1) is 0 Å². The summed E-state index contributed by atoms with van der Waals surface area (Å²) in [6.45, 7) is 0.633. The van der Waals surface area contributed by atoms with Crippen molar-refractivity contribution in [3.8, 4) is 0 Å². The Bertz CT molecular complexity index is 696. The van der Waals surface area contributed by atoms with E-state index < -0.39 is 15.8 Å². The van der Waals surface area contributed by atoms with Gasteiger partial charge in [0.1, 0.15) is 0 Å². The molecule has 0 bridgehead atoms. The minimum Gasteiger partial charge on any atom is -0.481 e. The Balaban J connectivity index is 2.09. The van der Waals surface area contributed by atoms with E-state index in [1.165, 1.54) is 6.26 Å². The van der Waals surface area contributed by atoms with Crippen LogP contribution in [-0.4, -0.2) is 49.1 Å². The van der Waals surface area contributed by atoms with Crippen LogP contribution in [0.15, 0.2) is 24.3 Å². The van der Waals surface area contributed by atoms with Crippen molar-refractivity contribution in [1.29, 1.82) is 0 Å². The fraction of sp³-hybridized carbons (Fsp3) is 0.529. The molecule has 0 aliphatic carbocycles. The maximum absolute atomic E-state index is 12.7. The number of benzene rings is 1. The molecule has 1 atom stereocenters. The summed E-state index contributed by atoms with van der Waals surface area (Å²) in [5.41, 5.74) is 1.16. The van der Waals surface area contributed by atoms with Crippen molar-refractivity contribution in [3.63, 3.8) is 0 Å². The summed E-state index contributed by atoms with van der Waals surface area (Å²) in [5.74, 6) is -1.01. The molecule has 1 aromatic carbocycles. The Kier molecular flexibility index (Phi) is 5.99. The fourth-order valence-electron chi connectivity index (χ4n) is 3.07. The minimum atomic E-state index is -3.11. The molecular weight excluding hydrogens is 330 g/mol. The molecule has 2 rings (SSSR count). The lowest BCUT2D eigenvalue weighted by molar-refractivity contribution is -0.137. The molecule has 0 aromatic heterocycles. The van der Waals surface area contributed by atoms with E-state index in [1.807, 2.05) is 0 Å². The smallest absolute Gasteiger partial charge is 0.303 e. The maximum Gasteiger partial charge on any atom is 0.303 e. The number of likely N-dealkylation sites (tertiary alicyclic amines) is 1. The number of hydrogen-bond acceptors (Lipinski definition) is 4. The van der Waals surface area contributed by atoms with Crippen LogP contribution in [0.3, 0.4) is 0 Å². The molecule has 0 saturated carbocycles. The average Bonchev–Trinajstić information content (AvgIpc) is 2.52. The van der Waals surface area contributed by atoms with Crippen LogP contribution in [0.4, 0.5) is 0 Å². The number of carbonyl (C=O) groups excluding carboxylic acids is 1. The number of carboxylic acids is 1. The Morgan fingerprint density at radius 2 is 1.88 bits per heavy atom. The van der Waals surface area contributed by atoms with Gasteiger partial charge in [0.15, 0.2) is 9.84 Å². The summed E-state index contributed by atoms with van der Waals surface area (Å²) in [4.78, 5) is 25.3.